The molecule has 0 saturated carbocycles. The lowest BCUT2D eigenvalue weighted by atomic mass is 10.2. The Hall–Kier alpha value is -2.30. The Balaban J connectivity index is 2.11. The highest BCUT2D eigenvalue weighted by Gasteiger charge is 2.09. The maximum atomic E-state index is 10.7. The molecule has 0 aliphatic heterocycles. The standard InChI is InChI=1S/C12H13N3O2/c1-9(12(16)17)14-10-3-5-11(6-4-10)15-8-2-7-13-15/h2-9,14H,1H3,(H,16,17). The Morgan fingerprint density at radius 3 is 2.65 bits per heavy atom. The average molecular weight is 231 g/mol. The van der Waals surface area contributed by atoms with E-state index in [0.717, 1.165) is 11.4 Å². The molecule has 1 aromatic carbocycles. The van der Waals surface area contributed by atoms with Crippen molar-refractivity contribution >= 4 is 11.7 Å². The fraction of sp³-hybridized carbons (Fsp3) is 0.167. The number of carboxylic acids is 1. The Bertz CT molecular complexity index is 491. The van der Waals surface area contributed by atoms with Crippen LogP contribution in [0.25, 0.3) is 5.69 Å². The van der Waals surface area contributed by atoms with Gasteiger partial charge in [-0.15, -0.1) is 0 Å². The van der Waals surface area contributed by atoms with Crippen LogP contribution in [0.1, 0.15) is 6.92 Å². The quantitative estimate of drug-likeness (QED) is 0.841. The van der Waals surface area contributed by atoms with Crippen LogP contribution in [0, 0.1) is 0 Å². The van der Waals surface area contributed by atoms with Gasteiger partial charge in [0.25, 0.3) is 0 Å². The number of hydrogen-bond donors (Lipinski definition) is 2. The monoisotopic (exact) mass is 231 g/mol. The molecule has 0 amide bonds. The molecule has 17 heavy (non-hydrogen) atoms. The molecule has 0 aliphatic carbocycles. The molecule has 88 valence electrons. The summed E-state index contributed by atoms with van der Waals surface area (Å²) >= 11 is 0. The smallest absolute Gasteiger partial charge is 0.325 e. The van der Waals surface area contributed by atoms with Gasteiger partial charge in [-0.2, -0.15) is 5.10 Å². The summed E-state index contributed by atoms with van der Waals surface area (Å²) < 4.78 is 1.74. The van der Waals surface area contributed by atoms with Crippen molar-refractivity contribution in [3.05, 3.63) is 42.7 Å². The largest absolute Gasteiger partial charge is 0.480 e. The van der Waals surface area contributed by atoms with Crippen LogP contribution in [0.5, 0.6) is 0 Å². The summed E-state index contributed by atoms with van der Waals surface area (Å²) in [6, 6.07) is 8.66. The van der Waals surface area contributed by atoms with Crippen LogP contribution >= 0.6 is 0 Å². The van der Waals surface area contributed by atoms with Gasteiger partial charge in [0.2, 0.25) is 0 Å². The highest BCUT2D eigenvalue weighted by atomic mass is 16.4. The number of aromatic nitrogens is 2. The van der Waals surface area contributed by atoms with Gasteiger partial charge < -0.3 is 10.4 Å². The van der Waals surface area contributed by atoms with Crippen molar-refractivity contribution in [1.29, 1.82) is 0 Å². The van der Waals surface area contributed by atoms with Crippen LogP contribution in [-0.4, -0.2) is 26.9 Å². The number of benzene rings is 1. The number of carboxylic acid groups (broad SMARTS) is 1. The van der Waals surface area contributed by atoms with Crippen molar-refractivity contribution in [2.24, 2.45) is 0 Å². The third kappa shape index (κ3) is 2.63. The molecule has 0 aliphatic rings. The van der Waals surface area contributed by atoms with Crippen molar-refractivity contribution in [2.75, 3.05) is 5.32 Å². The predicted molar refractivity (Wildman–Crippen MR) is 64.3 cm³/mol. The van der Waals surface area contributed by atoms with Crippen LogP contribution in [0.3, 0.4) is 0 Å². The van der Waals surface area contributed by atoms with Gasteiger partial charge in [0.05, 0.1) is 5.69 Å². The molecule has 0 spiro atoms. The zero-order chi connectivity index (χ0) is 12.3. The molecule has 1 aromatic heterocycles. The van der Waals surface area contributed by atoms with Crippen LogP contribution < -0.4 is 5.32 Å². The molecule has 0 fully saturated rings. The van der Waals surface area contributed by atoms with Crippen LogP contribution in [-0.2, 0) is 4.79 Å². The summed E-state index contributed by atoms with van der Waals surface area (Å²) in [5.41, 5.74) is 1.71. The normalized spacial score (nSPS) is 12.1. The number of nitrogens with one attached hydrogen (secondary N) is 1. The van der Waals surface area contributed by atoms with Crippen molar-refractivity contribution in [3.8, 4) is 5.69 Å². The molecule has 0 radical (unpaired) electrons. The van der Waals surface area contributed by atoms with Gasteiger partial charge in [0.15, 0.2) is 0 Å². The summed E-state index contributed by atoms with van der Waals surface area (Å²) in [6.45, 7) is 1.60. The van der Waals surface area contributed by atoms with E-state index < -0.39 is 12.0 Å². The van der Waals surface area contributed by atoms with E-state index in [2.05, 4.69) is 10.4 Å². The first-order chi connectivity index (χ1) is 8.16. The van der Waals surface area contributed by atoms with Crippen molar-refractivity contribution in [1.82, 2.24) is 9.78 Å². The number of anilines is 1. The molecule has 0 saturated heterocycles. The van der Waals surface area contributed by atoms with Crippen molar-refractivity contribution in [2.45, 2.75) is 13.0 Å². The average Bonchev–Trinajstić information content (AvgIpc) is 2.83. The lowest BCUT2D eigenvalue weighted by molar-refractivity contribution is -0.137. The Labute approximate surface area is 98.7 Å². The van der Waals surface area contributed by atoms with Gasteiger partial charge in [-0.05, 0) is 37.3 Å². The second-order valence-electron chi connectivity index (χ2n) is 3.70. The molecule has 1 unspecified atom stereocenters. The molecule has 2 N–H and O–H groups in total. The number of carbonyl (C=O) groups is 1. The Morgan fingerprint density at radius 1 is 1.41 bits per heavy atom. The van der Waals surface area contributed by atoms with E-state index in [4.69, 9.17) is 5.11 Å². The molecule has 5 heteroatoms. The first-order valence-corrected chi connectivity index (χ1v) is 5.26. The Kier molecular flexibility index (Phi) is 3.09. The molecular weight excluding hydrogens is 218 g/mol. The van der Waals surface area contributed by atoms with Gasteiger partial charge in [-0.3, -0.25) is 4.79 Å². The van der Waals surface area contributed by atoms with E-state index in [1.807, 2.05) is 36.5 Å². The van der Waals surface area contributed by atoms with Crippen LogP contribution in [0.15, 0.2) is 42.7 Å². The minimum absolute atomic E-state index is 0.606. The second-order valence-corrected chi connectivity index (χ2v) is 3.70. The maximum absolute atomic E-state index is 10.7. The minimum Gasteiger partial charge on any atom is -0.480 e. The van der Waals surface area contributed by atoms with Gasteiger partial charge in [-0.1, -0.05) is 0 Å². The zero-order valence-electron chi connectivity index (χ0n) is 9.37. The SMILES string of the molecule is CC(Nc1ccc(-n2cccn2)cc1)C(=O)O. The predicted octanol–water partition coefficient (Wildman–Crippen LogP) is 1.76. The van der Waals surface area contributed by atoms with Crippen LogP contribution in [0.4, 0.5) is 5.69 Å². The molecule has 2 rings (SSSR count). The fourth-order valence-corrected chi connectivity index (χ4v) is 1.44. The molecule has 0 bridgehead atoms. The topological polar surface area (TPSA) is 67.2 Å². The molecular formula is C12H13N3O2. The second kappa shape index (κ2) is 4.69. The Morgan fingerprint density at radius 2 is 2.12 bits per heavy atom. The van der Waals surface area contributed by atoms with Gasteiger partial charge >= 0.3 is 5.97 Å². The van der Waals surface area contributed by atoms with Crippen LogP contribution in [0.2, 0.25) is 0 Å². The lowest BCUT2D eigenvalue weighted by Gasteiger charge is -2.11. The van der Waals surface area contributed by atoms with E-state index >= 15 is 0 Å². The summed E-state index contributed by atoms with van der Waals surface area (Å²) in [4.78, 5) is 10.7. The first kappa shape index (κ1) is 11.2. The van der Waals surface area contributed by atoms with Crippen molar-refractivity contribution < 1.29 is 9.90 Å². The highest BCUT2D eigenvalue weighted by Crippen LogP contribution is 2.13. The van der Waals surface area contributed by atoms with E-state index in [1.54, 1.807) is 17.8 Å². The van der Waals surface area contributed by atoms with Gasteiger partial charge in [0, 0.05) is 18.1 Å². The zero-order valence-corrected chi connectivity index (χ0v) is 9.37. The fourth-order valence-electron chi connectivity index (χ4n) is 1.44. The van der Waals surface area contributed by atoms with E-state index in [-0.39, 0.29) is 0 Å². The number of hydrogen-bond acceptors (Lipinski definition) is 3. The summed E-state index contributed by atoms with van der Waals surface area (Å²) in [5, 5.41) is 15.8. The lowest BCUT2D eigenvalue weighted by Crippen LogP contribution is -2.25. The third-order valence-corrected chi connectivity index (χ3v) is 2.39. The molecule has 1 atom stereocenters. The summed E-state index contributed by atoms with van der Waals surface area (Å²) in [6.07, 6.45) is 3.56. The van der Waals surface area contributed by atoms with Gasteiger partial charge in [0.1, 0.15) is 6.04 Å². The molecule has 2 aromatic rings. The van der Waals surface area contributed by atoms with E-state index in [9.17, 15) is 4.79 Å². The van der Waals surface area contributed by atoms with E-state index in [1.165, 1.54) is 0 Å². The molecule has 1 heterocycles. The number of aliphatic carboxylic acids is 1. The highest BCUT2D eigenvalue weighted by molar-refractivity contribution is 5.76. The molecule has 5 nitrogen and oxygen atoms in total. The van der Waals surface area contributed by atoms with E-state index in [0.29, 0.717) is 0 Å². The van der Waals surface area contributed by atoms with Crippen molar-refractivity contribution in [3.63, 3.8) is 0 Å². The maximum Gasteiger partial charge on any atom is 0.325 e. The summed E-state index contributed by atoms with van der Waals surface area (Å²) in [7, 11) is 0. The minimum atomic E-state index is -0.874. The van der Waals surface area contributed by atoms with Gasteiger partial charge in [-0.25, -0.2) is 4.68 Å². The first-order valence-electron chi connectivity index (χ1n) is 5.26. The number of nitrogens with zero attached hydrogens (tertiary/aromatic N) is 2. The third-order valence-electron chi connectivity index (χ3n) is 2.39. The summed E-state index contributed by atoms with van der Waals surface area (Å²) in [5.74, 6) is -0.874. The number of rotatable bonds is 4.